The van der Waals surface area contributed by atoms with Gasteiger partial charge in [-0.1, -0.05) is 0 Å². The Morgan fingerprint density at radius 1 is 1.56 bits per heavy atom. The first-order valence-electron chi connectivity index (χ1n) is 4.97. The Balaban J connectivity index is 2.46. The molecule has 0 radical (unpaired) electrons. The van der Waals surface area contributed by atoms with Gasteiger partial charge in [-0.25, -0.2) is 4.39 Å². The average molecular weight is 226 g/mol. The molecule has 0 heterocycles. The van der Waals surface area contributed by atoms with E-state index in [1.807, 2.05) is 0 Å². The van der Waals surface area contributed by atoms with E-state index in [-0.39, 0.29) is 11.6 Å². The molecule has 0 aromatic heterocycles. The van der Waals surface area contributed by atoms with Gasteiger partial charge in [0.2, 0.25) is 5.91 Å². The highest BCUT2D eigenvalue weighted by atomic mass is 19.1. The molecule has 0 atom stereocenters. The van der Waals surface area contributed by atoms with Crippen LogP contribution in [-0.2, 0) is 9.53 Å². The molecular formula is C11H15FN2O2. The second-order valence-corrected chi connectivity index (χ2v) is 3.38. The Hall–Kier alpha value is -1.62. The number of carbonyl (C=O) groups is 1. The summed E-state index contributed by atoms with van der Waals surface area (Å²) < 4.78 is 17.9. The van der Waals surface area contributed by atoms with Crippen molar-refractivity contribution >= 4 is 17.3 Å². The molecule has 0 unspecified atom stereocenters. The number of nitrogens with two attached hydrogens (primary N) is 1. The van der Waals surface area contributed by atoms with E-state index in [9.17, 15) is 9.18 Å². The van der Waals surface area contributed by atoms with E-state index in [0.29, 0.717) is 25.1 Å². The molecule has 1 rings (SSSR count). The van der Waals surface area contributed by atoms with E-state index in [1.54, 1.807) is 13.2 Å². The molecule has 0 aliphatic rings. The molecule has 0 saturated carbocycles. The Morgan fingerprint density at radius 2 is 2.31 bits per heavy atom. The van der Waals surface area contributed by atoms with E-state index in [1.165, 1.54) is 12.1 Å². The maximum Gasteiger partial charge on any atom is 0.224 e. The molecule has 88 valence electrons. The maximum absolute atomic E-state index is 13.0. The van der Waals surface area contributed by atoms with Gasteiger partial charge in [0.15, 0.2) is 0 Å². The molecule has 3 N–H and O–H groups in total. The van der Waals surface area contributed by atoms with Crippen LogP contribution in [0.3, 0.4) is 0 Å². The van der Waals surface area contributed by atoms with Gasteiger partial charge in [-0.15, -0.1) is 0 Å². The highest BCUT2D eigenvalue weighted by Crippen LogP contribution is 2.16. The zero-order valence-electron chi connectivity index (χ0n) is 9.13. The fourth-order valence-corrected chi connectivity index (χ4v) is 1.21. The number of halogens is 1. The Labute approximate surface area is 93.6 Å². The number of amides is 1. The highest BCUT2D eigenvalue weighted by molar-refractivity contribution is 5.90. The molecule has 0 saturated heterocycles. The molecule has 0 spiro atoms. The fourth-order valence-electron chi connectivity index (χ4n) is 1.21. The number of carbonyl (C=O) groups excluding carboxylic acids is 1. The number of benzene rings is 1. The average Bonchev–Trinajstić information content (AvgIpc) is 2.24. The van der Waals surface area contributed by atoms with Crippen LogP contribution in [-0.4, -0.2) is 19.6 Å². The normalized spacial score (nSPS) is 10.1. The van der Waals surface area contributed by atoms with Crippen molar-refractivity contribution in [2.75, 3.05) is 24.8 Å². The third-order valence-corrected chi connectivity index (χ3v) is 2.04. The van der Waals surface area contributed by atoms with Gasteiger partial charge < -0.3 is 15.8 Å². The second kappa shape index (κ2) is 6.07. The van der Waals surface area contributed by atoms with Crippen LogP contribution in [0.4, 0.5) is 15.8 Å². The SMILES string of the molecule is COCCCC(=O)Nc1ccc(N)c(F)c1. The number of hydrogen-bond donors (Lipinski definition) is 2. The van der Waals surface area contributed by atoms with E-state index in [4.69, 9.17) is 10.5 Å². The van der Waals surface area contributed by atoms with Gasteiger partial charge in [-0.3, -0.25) is 4.79 Å². The molecule has 16 heavy (non-hydrogen) atoms. The van der Waals surface area contributed by atoms with Crippen LogP contribution >= 0.6 is 0 Å². The molecule has 0 aliphatic carbocycles. The van der Waals surface area contributed by atoms with Crippen LogP contribution in [0.1, 0.15) is 12.8 Å². The number of methoxy groups -OCH3 is 1. The summed E-state index contributed by atoms with van der Waals surface area (Å²) in [6.45, 7) is 0.531. The van der Waals surface area contributed by atoms with E-state index < -0.39 is 5.82 Å². The first-order chi connectivity index (χ1) is 7.63. The van der Waals surface area contributed by atoms with Crippen molar-refractivity contribution in [2.24, 2.45) is 0 Å². The molecule has 0 fully saturated rings. The summed E-state index contributed by atoms with van der Waals surface area (Å²) in [5.41, 5.74) is 5.79. The van der Waals surface area contributed by atoms with Crippen molar-refractivity contribution in [1.29, 1.82) is 0 Å². The van der Waals surface area contributed by atoms with Crippen LogP contribution in [0.2, 0.25) is 0 Å². The topological polar surface area (TPSA) is 64.3 Å². The summed E-state index contributed by atoms with van der Waals surface area (Å²) in [4.78, 5) is 11.4. The molecule has 0 bridgehead atoms. The molecule has 5 heteroatoms. The monoisotopic (exact) mass is 226 g/mol. The van der Waals surface area contributed by atoms with E-state index >= 15 is 0 Å². The minimum Gasteiger partial charge on any atom is -0.396 e. The Kier molecular flexibility index (Phi) is 4.72. The molecular weight excluding hydrogens is 211 g/mol. The van der Waals surface area contributed by atoms with Gasteiger partial charge in [0.25, 0.3) is 0 Å². The number of ether oxygens (including phenoxy) is 1. The molecule has 0 aliphatic heterocycles. The van der Waals surface area contributed by atoms with Crippen LogP contribution in [0.5, 0.6) is 0 Å². The third-order valence-electron chi connectivity index (χ3n) is 2.04. The lowest BCUT2D eigenvalue weighted by Gasteiger charge is -2.05. The third kappa shape index (κ3) is 3.86. The van der Waals surface area contributed by atoms with Gasteiger partial charge in [0.1, 0.15) is 5.82 Å². The van der Waals surface area contributed by atoms with Crippen LogP contribution in [0.25, 0.3) is 0 Å². The predicted molar refractivity (Wildman–Crippen MR) is 60.6 cm³/mol. The van der Waals surface area contributed by atoms with Gasteiger partial charge in [-0.05, 0) is 24.6 Å². The van der Waals surface area contributed by atoms with Crippen molar-refractivity contribution in [3.05, 3.63) is 24.0 Å². The maximum atomic E-state index is 13.0. The largest absolute Gasteiger partial charge is 0.396 e. The summed E-state index contributed by atoms with van der Waals surface area (Å²) in [5.74, 6) is -0.698. The summed E-state index contributed by atoms with van der Waals surface area (Å²) in [6, 6.07) is 4.18. The zero-order valence-corrected chi connectivity index (χ0v) is 9.13. The number of anilines is 2. The Bertz CT molecular complexity index is 369. The minimum absolute atomic E-state index is 0.0670. The lowest BCUT2D eigenvalue weighted by molar-refractivity contribution is -0.116. The summed E-state index contributed by atoms with van der Waals surface area (Å²) in [5, 5.41) is 2.58. The molecule has 1 aromatic carbocycles. The summed E-state index contributed by atoms with van der Waals surface area (Å²) in [7, 11) is 1.58. The van der Waals surface area contributed by atoms with Crippen LogP contribution in [0.15, 0.2) is 18.2 Å². The standard InChI is InChI=1S/C11H15FN2O2/c1-16-6-2-3-11(15)14-8-4-5-10(13)9(12)7-8/h4-5,7H,2-3,6,13H2,1H3,(H,14,15). The smallest absolute Gasteiger partial charge is 0.224 e. The fraction of sp³-hybridized carbons (Fsp3) is 0.364. The number of hydrogen-bond acceptors (Lipinski definition) is 3. The van der Waals surface area contributed by atoms with Crippen molar-refractivity contribution in [3.8, 4) is 0 Å². The van der Waals surface area contributed by atoms with Gasteiger partial charge in [0, 0.05) is 25.8 Å². The van der Waals surface area contributed by atoms with Crippen LogP contribution < -0.4 is 11.1 Å². The lowest BCUT2D eigenvalue weighted by Crippen LogP contribution is -2.12. The lowest BCUT2D eigenvalue weighted by atomic mass is 10.2. The first kappa shape index (κ1) is 12.4. The summed E-state index contributed by atoms with van der Waals surface area (Å²) >= 11 is 0. The molecule has 1 amide bonds. The first-order valence-corrected chi connectivity index (χ1v) is 4.97. The molecule has 4 nitrogen and oxygen atoms in total. The van der Waals surface area contributed by atoms with Crippen molar-refractivity contribution in [3.63, 3.8) is 0 Å². The van der Waals surface area contributed by atoms with Crippen molar-refractivity contribution in [1.82, 2.24) is 0 Å². The Morgan fingerprint density at radius 3 is 2.94 bits per heavy atom. The number of nitrogen functional groups attached to an aromatic ring is 1. The highest BCUT2D eigenvalue weighted by Gasteiger charge is 2.04. The minimum atomic E-state index is -0.533. The predicted octanol–water partition coefficient (Wildman–Crippen LogP) is 1.77. The van der Waals surface area contributed by atoms with E-state index in [0.717, 1.165) is 0 Å². The van der Waals surface area contributed by atoms with Crippen molar-refractivity contribution < 1.29 is 13.9 Å². The second-order valence-electron chi connectivity index (χ2n) is 3.38. The van der Waals surface area contributed by atoms with Crippen molar-refractivity contribution in [2.45, 2.75) is 12.8 Å². The van der Waals surface area contributed by atoms with Gasteiger partial charge in [0.05, 0.1) is 5.69 Å². The molecule has 1 aromatic rings. The van der Waals surface area contributed by atoms with E-state index in [2.05, 4.69) is 5.32 Å². The van der Waals surface area contributed by atoms with Gasteiger partial charge in [-0.2, -0.15) is 0 Å². The van der Waals surface area contributed by atoms with Gasteiger partial charge >= 0.3 is 0 Å². The number of rotatable bonds is 5. The quantitative estimate of drug-likeness (QED) is 0.594. The van der Waals surface area contributed by atoms with Crippen LogP contribution in [0, 0.1) is 5.82 Å². The number of nitrogens with one attached hydrogen (secondary N) is 1. The zero-order chi connectivity index (χ0) is 12.0. The summed E-state index contributed by atoms with van der Waals surface area (Å²) in [6.07, 6.45) is 0.986.